The van der Waals surface area contributed by atoms with Crippen LogP contribution in [0, 0.1) is 18.7 Å². The number of rotatable bonds is 10. The van der Waals surface area contributed by atoms with Crippen LogP contribution in [0.2, 0.25) is 0 Å². The highest BCUT2D eigenvalue weighted by Crippen LogP contribution is 2.32. The normalized spacial score (nSPS) is 12.1. The molecule has 5 aromatic rings. The van der Waals surface area contributed by atoms with Crippen LogP contribution in [0.3, 0.4) is 0 Å². The number of ether oxygens (including phenoxy) is 2. The largest absolute Gasteiger partial charge is 0.497 e. The van der Waals surface area contributed by atoms with Crippen LogP contribution in [-0.2, 0) is 13.0 Å². The quantitative estimate of drug-likeness (QED) is 0.211. The Hall–Kier alpha value is -4.76. The van der Waals surface area contributed by atoms with Crippen LogP contribution in [0.25, 0.3) is 16.6 Å². The lowest BCUT2D eigenvalue weighted by atomic mass is 10.0. The van der Waals surface area contributed by atoms with E-state index in [-0.39, 0.29) is 30.2 Å². The molecule has 0 bridgehead atoms. The molecule has 0 spiro atoms. The van der Waals surface area contributed by atoms with E-state index in [1.807, 2.05) is 19.9 Å². The first-order valence-corrected chi connectivity index (χ1v) is 13.7. The SMILES string of the molecule is COc1ccc2c(Oc3ccc(CC(=O)c4c(C)n(C[C@@H](O)C(C)C)n(-c5ccccc5)c4=O)cc3F)ccnc2c1. The summed E-state index contributed by atoms with van der Waals surface area (Å²) in [5.74, 6) is -0.0817. The van der Waals surface area contributed by atoms with E-state index in [9.17, 15) is 14.7 Å². The number of ketones is 1. The molecule has 1 N–H and O–H groups in total. The number of benzene rings is 3. The number of hydrogen-bond acceptors (Lipinski definition) is 6. The zero-order chi connectivity index (χ0) is 30.0. The Morgan fingerprint density at radius 2 is 1.79 bits per heavy atom. The number of fused-ring (bicyclic) bond motifs is 1. The third-order valence-electron chi connectivity index (χ3n) is 7.30. The van der Waals surface area contributed by atoms with Crippen LogP contribution in [0.5, 0.6) is 17.2 Å². The number of carbonyl (C=O) groups is 1. The Morgan fingerprint density at radius 1 is 1.02 bits per heavy atom. The number of para-hydroxylation sites is 1. The molecule has 1 atom stereocenters. The van der Waals surface area contributed by atoms with Gasteiger partial charge in [0.2, 0.25) is 0 Å². The van der Waals surface area contributed by atoms with Gasteiger partial charge in [-0.3, -0.25) is 19.3 Å². The molecule has 0 radical (unpaired) electrons. The van der Waals surface area contributed by atoms with Crippen LogP contribution in [0.4, 0.5) is 4.39 Å². The van der Waals surface area contributed by atoms with Crippen molar-refractivity contribution in [3.8, 4) is 22.9 Å². The van der Waals surface area contributed by atoms with Gasteiger partial charge in [-0.1, -0.05) is 38.1 Å². The molecule has 2 heterocycles. The maximum Gasteiger partial charge on any atom is 0.282 e. The number of aromatic nitrogens is 3. The summed E-state index contributed by atoms with van der Waals surface area (Å²) in [6.07, 6.45) is 0.657. The van der Waals surface area contributed by atoms with Gasteiger partial charge in [0, 0.05) is 29.8 Å². The Bertz CT molecular complexity index is 1810. The number of methoxy groups -OCH3 is 1. The summed E-state index contributed by atoms with van der Waals surface area (Å²) in [5, 5.41) is 11.3. The maximum absolute atomic E-state index is 15.2. The van der Waals surface area contributed by atoms with Gasteiger partial charge in [-0.05, 0) is 60.9 Å². The van der Waals surface area contributed by atoms with Crippen molar-refractivity contribution in [1.29, 1.82) is 0 Å². The molecule has 0 fully saturated rings. The molecule has 8 nitrogen and oxygen atoms in total. The molecule has 0 aliphatic carbocycles. The zero-order valence-corrected chi connectivity index (χ0v) is 23.9. The molecule has 2 aromatic heterocycles. The lowest BCUT2D eigenvalue weighted by Crippen LogP contribution is -2.29. The van der Waals surface area contributed by atoms with Gasteiger partial charge < -0.3 is 14.6 Å². The monoisotopic (exact) mass is 569 g/mol. The van der Waals surface area contributed by atoms with E-state index in [2.05, 4.69) is 4.98 Å². The molecule has 42 heavy (non-hydrogen) atoms. The minimum absolute atomic E-state index is 0.00837. The van der Waals surface area contributed by atoms with Crippen molar-refractivity contribution in [2.45, 2.75) is 39.8 Å². The van der Waals surface area contributed by atoms with Gasteiger partial charge in [0.1, 0.15) is 17.1 Å². The first-order valence-electron chi connectivity index (χ1n) is 13.7. The fourth-order valence-electron chi connectivity index (χ4n) is 4.85. The Morgan fingerprint density at radius 3 is 2.48 bits per heavy atom. The standard InChI is InChI=1S/C33H32FN3O5/c1-20(2)29(39)19-36-21(3)32(33(40)37(36)23-8-6-5-7-9-23)28(38)17-22-10-13-31(26(34)16-22)42-30-14-15-35-27-18-24(41-4)11-12-25(27)30/h5-16,18,20,29,39H,17,19H2,1-4H3/t29-/m1/s1. The molecule has 0 saturated carbocycles. The van der Waals surface area contributed by atoms with Crippen molar-refractivity contribution in [2.75, 3.05) is 7.11 Å². The average Bonchev–Trinajstić information content (AvgIpc) is 3.23. The van der Waals surface area contributed by atoms with E-state index in [4.69, 9.17) is 9.47 Å². The summed E-state index contributed by atoms with van der Waals surface area (Å²) < 4.78 is 29.4. The number of Topliss-reactive ketones (excluding diaryl/α,β-unsaturated/α-hetero) is 1. The molecule has 0 aliphatic rings. The zero-order valence-electron chi connectivity index (χ0n) is 23.9. The number of nitrogens with zero attached hydrogens (tertiary/aromatic N) is 3. The highest BCUT2D eigenvalue weighted by molar-refractivity contribution is 5.98. The molecule has 0 saturated heterocycles. The fourth-order valence-corrected chi connectivity index (χ4v) is 4.85. The summed E-state index contributed by atoms with van der Waals surface area (Å²) in [4.78, 5) is 31.4. The number of aliphatic hydroxyl groups is 1. The molecule has 0 unspecified atom stereocenters. The van der Waals surface area contributed by atoms with E-state index in [0.29, 0.717) is 39.3 Å². The van der Waals surface area contributed by atoms with Crippen molar-refractivity contribution >= 4 is 16.7 Å². The molecule has 0 aliphatic heterocycles. The van der Waals surface area contributed by atoms with Crippen LogP contribution < -0.4 is 15.0 Å². The second-order valence-corrected chi connectivity index (χ2v) is 10.5. The number of carbonyl (C=O) groups excluding carboxylic acids is 1. The van der Waals surface area contributed by atoms with E-state index >= 15 is 4.39 Å². The second kappa shape index (κ2) is 12.0. The van der Waals surface area contributed by atoms with Gasteiger partial charge in [0.15, 0.2) is 17.3 Å². The fraction of sp³-hybridized carbons (Fsp3) is 0.242. The molecule has 0 amide bonds. The van der Waals surface area contributed by atoms with Crippen LogP contribution in [0.1, 0.15) is 35.5 Å². The van der Waals surface area contributed by atoms with Gasteiger partial charge >= 0.3 is 0 Å². The highest BCUT2D eigenvalue weighted by atomic mass is 19.1. The Kier molecular flexibility index (Phi) is 8.22. The summed E-state index contributed by atoms with van der Waals surface area (Å²) >= 11 is 0. The summed E-state index contributed by atoms with van der Waals surface area (Å²) in [7, 11) is 1.57. The van der Waals surface area contributed by atoms with Crippen molar-refractivity contribution < 1.29 is 23.8 Å². The first-order chi connectivity index (χ1) is 20.2. The first kappa shape index (κ1) is 28.8. The minimum Gasteiger partial charge on any atom is -0.497 e. The van der Waals surface area contributed by atoms with Crippen molar-refractivity contribution in [3.05, 3.63) is 112 Å². The van der Waals surface area contributed by atoms with E-state index in [0.717, 1.165) is 0 Å². The van der Waals surface area contributed by atoms with E-state index < -0.39 is 23.3 Å². The van der Waals surface area contributed by atoms with Crippen LogP contribution in [0.15, 0.2) is 83.8 Å². The van der Waals surface area contributed by atoms with Crippen molar-refractivity contribution in [2.24, 2.45) is 5.92 Å². The van der Waals surface area contributed by atoms with Gasteiger partial charge in [-0.2, -0.15) is 0 Å². The van der Waals surface area contributed by atoms with Gasteiger partial charge in [0.05, 0.1) is 31.0 Å². The predicted molar refractivity (Wildman–Crippen MR) is 158 cm³/mol. The van der Waals surface area contributed by atoms with Crippen molar-refractivity contribution in [1.82, 2.24) is 14.3 Å². The molecular weight excluding hydrogens is 537 g/mol. The number of pyridine rings is 1. The number of hydrogen-bond donors (Lipinski definition) is 1. The molecule has 216 valence electrons. The average molecular weight is 570 g/mol. The summed E-state index contributed by atoms with van der Waals surface area (Å²) in [6.45, 7) is 5.60. The Labute approximate surface area is 242 Å². The third kappa shape index (κ3) is 5.69. The molecule has 5 rings (SSSR count). The smallest absolute Gasteiger partial charge is 0.282 e. The summed E-state index contributed by atoms with van der Waals surface area (Å²) in [6, 6.07) is 20.2. The van der Waals surface area contributed by atoms with Crippen molar-refractivity contribution in [3.63, 3.8) is 0 Å². The molecule has 9 heteroatoms. The van der Waals surface area contributed by atoms with E-state index in [1.165, 1.54) is 16.8 Å². The van der Waals surface area contributed by atoms with Crippen LogP contribution >= 0.6 is 0 Å². The highest BCUT2D eigenvalue weighted by Gasteiger charge is 2.26. The van der Waals surface area contributed by atoms with E-state index in [1.54, 1.807) is 79.5 Å². The van der Waals surface area contributed by atoms with Gasteiger partial charge in [-0.15, -0.1) is 0 Å². The lowest BCUT2D eigenvalue weighted by Gasteiger charge is -2.19. The molecular formula is C33H32FN3O5. The molecule has 3 aromatic carbocycles. The second-order valence-electron chi connectivity index (χ2n) is 10.5. The Balaban J connectivity index is 1.43. The maximum atomic E-state index is 15.2. The lowest BCUT2D eigenvalue weighted by molar-refractivity contribution is 0.0977. The van der Waals surface area contributed by atoms with Gasteiger partial charge in [0.25, 0.3) is 5.56 Å². The number of halogens is 1. The number of aliphatic hydroxyl groups excluding tert-OH is 1. The third-order valence-corrected chi connectivity index (χ3v) is 7.30. The van der Waals surface area contributed by atoms with Crippen LogP contribution in [-0.4, -0.2) is 38.5 Å². The summed E-state index contributed by atoms with van der Waals surface area (Å²) in [5.41, 5.74) is 1.58. The van der Waals surface area contributed by atoms with Gasteiger partial charge in [-0.25, -0.2) is 9.07 Å². The minimum atomic E-state index is -0.727. The topological polar surface area (TPSA) is 95.6 Å². The predicted octanol–water partition coefficient (Wildman–Crippen LogP) is 5.88.